The van der Waals surface area contributed by atoms with Gasteiger partial charge in [0.05, 0.1) is 32.4 Å². The van der Waals surface area contributed by atoms with Gasteiger partial charge < -0.3 is 14.2 Å². The Morgan fingerprint density at radius 1 is 1.21 bits per heavy atom. The number of carbonyl (C=O) groups excluding carboxylic acids is 2. The number of methoxy groups -OCH3 is 1. The molecule has 0 unspecified atom stereocenters. The maximum atomic E-state index is 12.2. The Balaban J connectivity index is 2.03. The van der Waals surface area contributed by atoms with E-state index in [0.717, 1.165) is 3.57 Å². The molecule has 0 saturated heterocycles. The summed E-state index contributed by atoms with van der Waals surface area (Å²) < 4.78 is 17.7. The van der Waals surface area contributed by atoms with E-state index in [9.17, 15) is 9.59 Å². The number of halogens is 3. The number of carbonyl (C=O) groups is 2. The number of esters is 1. The van der Waals surface area contributed by atoms with Crippen LogP contribution >= 0.6 is 54.5 Å². The van der Waals surface area contributed by atoms with E-state index in [1.807, 2.05) is 0 Å². The third-order valence-electron chi connectivity index (χ3n) is 3.45. The molecule has 0 saturated carbocycles. The predicted octanol–water partition coefficient (Wildman–Crippen LogP) is 4.53. The van der Waals surface area contributed by atoms with Crippen LogP contribution in [0.4, 0.5) is 0 Å². The molecule has 2 aromatic rings. The van der Waals surface area contributed by atoms with E-state index in [0.29, 0.717) is 38.2 Å². The molecule has 0 aromatic heterocycles. The fourth-order valence-electron chi connectivity index (χ4n) is 2.16. The minimum absolute atomic E-state index is 0.200. The molecular formula is C19H17Br2IN2O5. The van der Waals surface area contributed by atoms with Crippen molar-refractivity contribution in [2.45, 2.75) is 6.92 Å². The SMILES string of the molecule is CCOC(=O)COc1c(Br)cc(/C=N\NC(=O)c2ccc(I)c(OC)c2)cc1Br. The van der Waals surface area contributed by atoms with Crippen LogP contribution in [0.1, 0.15) is 22.8 Å². The Kier molecular flexibility index (Phi) is 9.37. The van der Waals surface area contributed by atoms with Crippen LogP contribution in [0.2, 0.25) is 0 Å². The summed E-state index contributed by atoms with van der Waals surface area (Å²) in [6, 6.07) is 8.62. The van der Waals surface area contributed by atoms with E-state index in [1.54, 1.807) is 44.4 Å². The average molecular weight is 640 g/mol. The quantitative estimate of drug-likeness (QED) is 0.199. The lowest BCUT2D eigenvalue weighted by Gasteiger charge is -2.10. The summed E-state index contributed by atoms with van der Waals surface area (Å²) in [6.07, 6.45) is 1.49. The lowest BCUT2D eigenvalue weighted by atomic mass is 10.2. The van der Waals surface area contributed by atoms with Crippen molar-refractivity contribution in [1.29, 1.82) is 0 Å². The molecule has 10 heteroatoms. The number of rotatable bonds is 8. The standard InChI is InChI=1S/C19H17Br2IN2O5/c1-3-28-17(25)10-29-18-13(20)6-11(7-14(18)21)9-23-24-19(26)12-4-5-15(22)16(8-12)27-2/h4-9H,3,10H2,1-2H3,(H,24,26)/b23-9-. The molecule has 2 aromatic carbocycles. The van der Waals surface area contributed by atoms with Gasteiger partial charge in [0.25, 0.3) is 5.91 Å². The lowest BCUT2D eigenvalue weighted by molar-refractivity contribution is -0.145. The van der Waals surface area contributed by atoms with Crippen molar-refractivity contribution in [2.24, 2.45) is 5.10 Å². The molecule has 0 atom stereocenters. The van der Waals surface area contributed by atoms with Crippen LogP contribution in [0.15, 0.2) is 44.4 Å². The summed E-state index contributed by atoms with van der Waals surface area (Å²) >= 11 is 8.92. The van der Waals surface area contributed by atoms with Crippen molar-refractivity contribution in [3.05, 3.63) is 54.0 Å². The second kappa shape index (κ2) is 11.5. The van der Waals surface area contributed by atoms with E-state index in [-0.39, 0.29) is 12.5 Å². The highest BCUT2D eigenvalue weighted by atomic mass is 127. The van der Waals surface area contributed by atoms with Gasteiger partial charge in [-0.1, -0.05) is 0 Å². The molecule has 2 rings (SSSR count). The largest absolute Gasteiger partial charge is 0.496 e. The van der Waals surface area contributed by atoms with Crippen LogP contribution in [0.25, 0.3) is 0 Å². The van der Waals surface area contributed by atoms with E-state index >= 15 is 0 Å². The number of hydrazone groups is 1. The number of hydrogen-bond donors (Lipinski definition) is 1. The van der Waals surface area contributed by atoms with Crippen molar-refractivity contribution < 1.29 is 23.8 Å². The molecule has 1 amide bonds. The molecule has 1 N–H and O–H groups in total. The second-order valence-electron chi connectivity index (χ2n) is 5.46. The van der Waals surface area contributed by atoms with E-state index in [2.05, 4.69) is 65.0 Å². The van der Waals surface area contributed by atoms with Crippen LogP contribution in [-0.4, -0.2) is 38.4 Å². The number of nitrogens with one attached hydrogen (secondary N) is 1. The Morgan fingerprint density at radius 3 is 2.52 bits per heavy atom. The van der Waals surface area contributed by atoms with Gasteiger partial charge in [-0.15, -0.1) is 0 Å². The Hall–Kier alpha value is -1.66. The first kappa shape index (κ1) is 23.6. The number of hydrogen-bond acceptors (Lipinski definition) is 6. The molecule has 0 radical (unpaired) electrons. The van der Waals surface area contributed by atoms with Crippen LogP contribution in [-0.2, 0) is 9.53 Å². The zero-order valence-corrected chi connectivity index (χ0v) is 20.8. The van der Waals surface area contributed by atoms with Crippen LogP contribution in [0.3, 0.4) is 0 Å². The van der Waals surface area contributed by atoms with Crippen molar-refractivity contribution in [3.63, 3.8) is 0 Å². The highest BCUT2D eigenvalue weighted by molar-refractivity contribution is 14.1. The maximum absolute atomic E-state index is 12.2. The number of amides is 1. The van der Waals surface area contributed by atoms with Crippen LogP contribution < -0.4 is 14.9 Å². The molecule has 29 heavy (non-hydrogen) atoms. The first-order valence-electron chi connectivity index (χ1n) is 8.30. The molecule has 154 valence electrons. The second-order valence-corrected chi connectivity index (χ2v) is 8.33. The third-order valence-corrected chi connectivity index (χ3v) is 5.52. The third kappa shape index (κ3) is 6.96. The van der Waals surface area contributed by atoms with Gasteiger partial charge in [0, 0.05) is 5.56 Å². The van der Waals surface area contributed by atoms with Gasteiger partial charge in [0.2, 0.25) is 0 Å². The molecule has 0 aliphatic carbocycles. The number of nitrogens with zero attached hydrogens (tertiary/aromatic N) is 1. The Labute approximate surface area is 198 Å². The average Bonchev–Trinajstić information content (AvgIpc) is 2.67. The summed E-state index contributed by atoms with van der Waals surface area (Å²) in [5.74, 6) is 0.272. The van der Waals surface area contributed by atoms with Crippen molar-refractivity contribution in [3.8, 4) is 11.5 Å². The molecular weight excluding hydrogens is 623 g/mol. The number of ether oxygens (including phenoxy) is 3. The highest BCUT2D eigenvalue weighted by Crippen LogP contribution is 2.34. The minimum atomic E-state index is -0.452. The van der Waals surface area contributed by atoms with Crippen molar-refractivity contribution in [2.75, 3.05) is 20.3 Å². The van der Waals surface area contributed by atoms with Crippen LogP contribution in [0.5, 0.6) is 11.5 Å². The zero-order valence-electron chi connectivity index (χ0n) is 15.5. The van der Waals surface area contributed by atoms with E-state index in [1.165, 1.54) is 6.21 Å². The molecule has 7 nitrogen and oxygen atoms in total. The van der Waals surface area contributed by atoms with Gasteiger partial charge in [-0.3, -0.25) is 4.79 Å². The number of benzene rings is 2. The molecule has 0 bridgehead atoms. The lowest BCUT2D eigenvalue weighted by Crippen LogP contribution is -2.17. The highest BCUT2D eigenvalue weighted by Gasteiger charge is 2.12. The predicted molar refractivity (Wildman–Crippen MR) is 125 cm³/mol. The van der Waals surface area contributed by atoms with Crippen LogP contribution in [0, 0.1) is 3.57 Å². The first-order chi connectivity index (χ1) is 13.8. The fraction of sp³-hybridized carbons (Fsp3) is 0.211. The topological polar surface area (TPSA) is 86.2 Å². The normalized spacial score (nSPS) is 10.7. The summed E-state index contributed by atoms with van der Waals surface area (Å²) in [4.78, 5) is 23.7. The monoisotopic (exact) mass is 638 g/mol. The first-order valence-corrected chi connectivity index (χ1v) is 11.0. The van der Waals surface area contributed by atoms with Gasteiger partial charge >= 0.3 is 5.97 Å². The summed E-state index contributed by atoms with van der Waals surface area (Å²) in [6.45, 7) is 1.82. The summed E-state index contributed by atoms with van der Waals surface area (Å²) in [5, 5.41) is 3.98. The zero-order chi connectivity index (χ0) is 21.4. The maximum Gasteiger partial charge on any atom is 0.344 e. The van der Waals surface area contributed by atoms with E-state index in [4.69, 9.17) is 14.2 Å². The smallest absolute Gasteiger partial charge is 0.344 e. The van der Waals surface area contributed by atoms with Gasteiger partial charge in [-0.2, -0.15) is 5.10 Å². The van der Waals surface area contributed by atoms with Gasteiger partial charge in [-0.25, -0.2) is 10.2 Å². The van der Waals surface area contributed by atoms with Crippen molar-refractivity contribution in [1.82, 2.24) is 5.43 Å². The van der Waals surface area contributed by atoms with Gasteiger partial charge in [-0.05, 0) is 97.3 Å². The molecule has 0 heterocycles. The Morgan fingerprint density at radius 2 is 1.90 bits per heavy atom. The minimum Gasteiger partial charge on any atom is -0.496 e. The van der Waals surface area contributed by atoms with Crippen molar-refractivity contribution >= 4 is 72.5 Å². The fourth-order valence-corrected chi connectivity index (χ4v) is 4.16. The van der Waals surface area contributed by atoms with Gasteiger partial charge in [0.1, 0.15) is 11.5 Å². The summed E-state index contributed by atoms with van der Waals surface area (Å²) in [5.41, 5.74) is 3.61. The molecule has 0 aliphatic rings. The molecule has 0 spiro atoms. The molecule has 0 aliphatic heterocycles. The van der Waals surface area contributed by atoms with E-state index < -0.39 is 5.97 Å². The van der Waals surface area contributed by atoms with Gasteiger partial charge in [0.15, 0.2) is 6.61 Å². The summed E-state index contributed by atoms with van der Waals surface area (Å²) in [7, 11) is 1.55. The molecule has 0 fully saturated rings. The Bertz CT molecular complexity index is 914.